The molecule has 0 aromatic heterocycles. The number of halogens is 1. The Morgan fingerprint density at radius 2 is 2.21 bits per heavy atom. The zero-order valence-corrected chi connectivity index (χ0v) is 9.85. The van der Waals surface area contributed by atoms with Crippen LogP contribution in [-0.4, -0.2) is 32.2 Å². The molecule has 0 aliphatic heterocycles. The van der Waals surface area contributed by atoms with Crippen LogP contribution >= 0.6 is 11.6 Å². The third kappa shape index (κ3) is 4.63. The van der Waals surface area contributed by atoms with Gasteiger partial charge in [0.15, 0.2) is 0 Å². The predicted molar refractivity (Wildman–Crippen MR) is 61.0 cm³/mol. The minimum Gasteiger partial charge on any atom is -0.385 e. The number of rotatable bonds is 7. The number of hydrogen-bond acceptors (Lipinski definition) is 2. The maximum atomic E-state index is 6.18. The van der Waals surface area contributed by atoms with Crippen molar-refractivity contribution < 1.29 is 4.74 Å². The van der Waals surface area contributed by atoms with Gasteiger partial charge in [-0.25, -0.2) is 0 Å². The third-order valence-electron chi connectivity index (χ3n) is 2.92. The summed E-state index contributed by atoms with van der Waals surface area (Å²) >= 11 is 6.18. The van der Waals surface area contributed by atoms with E-state index in [4.69, 9.17) is 16.3 Å². The van der Waals surface area contributed by atoms with Crippen LogP contribution in [0.1, 0.15) is 32.1 Å². The molecule has 0 bridgehead atoms. The minimum absolute atomic E-state index is 0.418. The molecular formula is C11H22ClNO. The first-order valence-corrected chi connectivity index (χ1v) is 6.12. The van der Waals surface area contributed by atoms with Crippen molar-refractivity contribution in [1.29, 1.82) is 0 Å². The van der Waals surface area contributed by atoms with Crippen LogP contribution in [0, 0.1) is 5.92 Å². The molecule has 0 aromatic carbocycles. The van der Waals surface area contributed by atoms with Gasteiger partial charge in [0.1, 0.15) is 0 Å². The summed E-state index contributed by atoms with van der Waals surface area (Å²) in [6.45, 7) is 3.08. The largest absolute Gasteiger partial charge is 0.385 e. The van der Waals surface area contributed by atoms with Gasteiger partial charge in [0, 0.05) is 19.1 Å². The van der Waals surface area contributed by atoms with Gasteiger partial charge in [0.25, 0.3) is 0 Å². The van der Waals surface area contributed by atoms with Crippen LogP contribution < -0.4 is 5.32 Å². The Balaban J connectivity index is 1.88. The van der Waals surface area contributed by atoms with Crippen molar-refractivity contribution in [3.63, 3.8) is 0 Å². The van der Waals surface area contributed by atoms with Crippen LogP contribution in [0.3, 0.4) is 0 Å². The van der Waals surface area contributed by atoms with Crippen LogP contribution in [0.15, 0.2) is 0 Å². The summed E-state index contributed by atoms with van der Waals surface area (Å²) in [7, 11) is 1.75. The van der Waals surface area contributed by atoms with Crippen LogP contribution in [0.4, 0.5) is 0 Å². The lowest BCUT2D eigenvalue weighted by Crippen LogP contribution is -2.26. The van der Waals surface area contributed by atoms with Gasteiger partial charge in [-0.15, -0.1) is 11.6 Å². The van der Waals surface area contributed by atoms with E-state index in [0.29, 0.717) is 11.3 Å². The summed E-state index contributed by atoms with van der Waals surface area (Å²) in [5.74, 6) is 0.707. The number of ether oxygens (including phenoxy) is 1. The third-order valence-corrected chi connectivity index (χ3v) is 3.50. The number of unbranched alkanes of at least 4 members (excludes halogenated alkanes) is 1. The van der Waals surface area contributed by atoms with Gasteiger partial charge in [-0.1, -0.05) is 6.42 Å². The highest BCUT2D eigenvalue weighted by Crippen LogP contribution is 2.29. The topological polar surface area (TPSA) is 21.3 Å². The molecule has 1 N–H and O–H groups in total. The summed E-state index contributed by atoms with van der Waals surface area (Å²) in [4.78, 5) is 0. The van der Waals surface area contributed by atoms with Crippen LogP contribution in [0.25, 0.3) is 0 Å². The molecule has 2 atom stereocenters. The fourth-order valence-electron chi connectivity index (χ4n) is 2.01. The summed E-state index contributed by atoms with van der Waals surface area (Å²) in [5, 5.41) is 3.89. The predicted octanol–water partition coefficient (Wildman–Crippen LogP) is 2.41. The standard InChI is InChI=1S/C11H22ClNO/c1-14-8-3-2-7-13-9-10-5-4-6-11(10)12/h10-11,13H,2-9H2,1H3. The average molecular weight is 220 g/mol. The average Bonchev–Trinajstić information content (AvgIpc) is 2.58. The summed E-state index contributed by atoms with van der Waals surface area (Å²) < 4.78 is 4.99. The Bertz CT molecular complexity index is 143. The fourth-order valence-corrected chi connectivity index (χ4v) is 2.37. The number of methoxy groups -OCH3 is 1. The van der Waals surface area contributed by atoms with Crippen molar-refractivity contribution in [3.8, 4) is 0 Å². The molecule has 84 valence electrons. The first-order chi connectivity index (χ1) is 6.84. The first kappa shape index (κ1) is 12.3. The van der Waals surface area contributed by atoms with Crippen LogP contribution in [0.5, 0.6) is 0 Å². The Hall–Kier alpha value is 0.210. The summed E-state index contributed by atoms with van der Waals surface area (Å²) in [6.07, 6.45) is 6.17. The van der Waals surface area contributed by atoms with Gasteiger partial charge < -0.3 is 10.1 Å². The van der Waals surface area contributed by atoms with E-state index in [1.54, 1.807) is 7.11 Å². The van der Waals surface area contributed by atoms with Gasteiger partial charge in [-0.3, -0.25) is 0 Å². The highest BCUT2D eigenvalue weighted by atomic mass is 35.5. The van der Waals surface area contributed by atoms with Crippen molar-refractivity contribution in [3.05, 3.63) is 0 Å². The molecule has 3 heteroatoms. The van der Waals surface area contributed by atoms with Crippen molar-refractivity contribution in [1.82, 2.24) is 5.32 Å². The van der Waals surface area contributed by atoms with Gasteiger partial charge >= 0.3 is 0 Å². The maximum absolute atomic E-state index is 6.18. The monoisotopic (exact) mass is 219 g/mol. The van der Waals surface area contributed by atoms with Crippen molar-refractivity contribution in [2.75, 3.05) is 26.8 Å². The molecule has 0 radical (unpaired) electrons. The highest BCUT2D eigenvalue weighted by Gasteiger charge is 2.24. The van der Waals surface area contributed by atoms with E-state index in [2.05, 4.69) is 5.32 Å². The molecule has 1 rings (SSSR count). The molecule has 2 unspecified atom stereocenters. The molecule has 0 spiro atoms. The maximum Gasteiger partial charge on any atom is 0.0462 e. The van der Waals surface area contributed by atoms with Crippen LogP contribution in [-0.2, 0) is 4.74 Å². The van der Waals surface area contributed by atoms with E-state index in [-0.39, 0.29) is 0 Å². The van der Waals surface area contributed by atoms with E-state index in [0.717, 1.165) is 26.1 Å². The second-order valence-corrected chi connectivity index (χ2v) is 4.67. The fraction of sp³-hybridized carbons (Fsp3) is 1.00. The van der Waals surface area contributed by atoms with Crippen molar-refractivity contribution in [2.24, 2.45) is 5.92 Å². The van der Waals surface area contributed by atoms with Crippen molar-refractivity contribution in [2.45, 2.75) is 37.5 Å². The first-order valence-electron chi connectivity index (χ1n) is 5.68. The molecule has 1 saturated carbocycles. The summed E-state index contributed by atoms with van der Waals surface area (Å²) in [6, 6.07) is 0. The molecular weight excluding hydrogens is 198 g/mol. The second-order valence-electron chi connectivity index (χ2n) is 4.11. The van der Waals surface area contributed by atoms with Crippen molar-refractivity contribution >= 4 is 11.6 Å². The Labute approximate surface area is 92.3 Å². The molecule has 1 aliphatic rings. The number of hydrogen-bond donors (Lipinski definition) is 1. The van der Waals surface area contributed by atoms with Gasteiger partial charge in [-0.05, 0) is 44.7 Å². The summed E-state index contributed by atoms with van der Waals surface area (Å²) in [5.41, 5.74) is 0. The van der Waals surface area contributed by atoms with Crippen LogP contribution in [0.2, 0.25) is 0 Å². The quantitative estimate of drug-likeness (QED) is 0.525. The molecule has 1 aliphatic carbocycles. The molecule has 14 heavy (non-hydrogen) atoms. The van der Waals surface area contributed by atoms with Gasteiger partial charge in [-0.2, -0.15) is 0 Å². The lowest BCUT2D eigenvalue weighted by molar-refractivity contribution is 0.192. The minimum atomic E-state index is 0.418. The Morgan fingerprint density at radius 3 is 2.86 bits per heavy atom. The second kappa shape index (κ2) is 7.49. The molecule has 1 fully saturated rings. The molecule has 0 amide bonds. The smallest absolute Gasteiger partial charge is 0.0462 e. The Morgan fingerprint density at radius 1 is 1.36 bits per heavy atom. The highest BCUT2D eigenvalue weighted by molar-refractivity contribution is 6.20. The SMILES string of the molecule is COCCCCNCC1CCCC1Cl. The van der Waals surface area contributed by atoms with E-state index in [1.807, 2.05) is 0 Å². The lowest BCUT2D eigenvalue weighted by atomic mass is 10.1. The van der Waals surface area contributed by atoms with Gasteiger partial charge in [0.05, 0.1) is 0 Å². The van der Waals surface area contributed by atoms with E-state index in [1.165, 1.54) is 25.7 Å². The molecule has 0 saturated heterocycles. The zero-order chi connectivity index (χ0) is 10.2. The molecule has 2 nitrogen and oxygen atoms in total. The zero-order valence-electron chi connectivity index (χ0n) is 9.10. The number of nitrogens with one attached hydrogen (secondary N) is 1. The lowest BCUT2D eigenvalue weighted by Gasteiger charge is -2.14. The molecule has 0 heterocycles. The van der Waals surface area contributed by atoms with E-state index >= 15 is 0 Å². The van der Waals surface area contributed by atoms with Gasteiger partial charge in [0.2, 0.25) is 0 Å². The molecule has 0 aromatic rings. The Kier molecular flexibility index (Phi) is 6.57. The van der Waals surface area contributed by atoms with E-state index < -0.39 is 0 Å². The van der Waals surface area contributed by atoms with E-state index in [9.17, 15) is 0 Å². The number of alkyl halides is 1. The normalized spacial score (nSPS) is 27.0.